The Balaban J connectivity index is 1.66. The maximum atomic E-state index is 14.2. The molecular weight excluding hydrogens is 486 g/mol. The van der Waals surface area contributed by atoms with E-state index >= 15 is 0 Å². The fraction of sp³-hybridized carbons (Fsp3) is 0.208. The summed E-state index contributed by atoms with van der Waals surface area (Å²) in [6, 6.07) is 9.15. The number of hydrogen-bond donors (Lipinski definition) is 3. The predicted molar refractivity (Wildman–Crippen MR) is 121 cm³/mol. The van der Waals surface area contributed by atoms with Gasteiger partial charge in [0.2, 0.25) is 0 Å². The number of aliphatic hydroxyl groups is 1. The number of ether oxygens (including phenoxy) is 1. The number of nitrogens with zero attached hydrogens (tertiary/aromatic N) is 2. The van der Waals surface area contributed by atoms with Crippen LogP contribution in [0.4, 0.5) is 29.1 Å². The maximum absolute atomic E-state index is 14.2. The molecule has 12 heteroatoms. The number of amides is 1. The standard InChI is InChI=1S/C24H19F4N3O5/c25-16-8-13(7-14(9-16)23(34)35)20-10-15(11-29-21(20)31-6-5-18(32)12-31)22(33)30-17-1-3-19(4-2-17)36-24(26,27)28/h1-4,7-11,18,32H,5-6,12H2,(H,30,33)(H,34,35). The number of β-amino-alcohol motifs (C(OH)–C–C–N with tert-alkyl or cyclic N) is 1. The molecule has 0 radical (unpaired) electrons. The highest BCUT2D eigenvalue weighted by atomic mass is 19.4. The van der Waals surface area contributed by atoms with Gasteiger partial charge in [-0.2, -0.15) is 0 Å². The molecule has 36 heavy (non-hydrogen) atoms. The number of rotatable bonds is 6. The van der Waals surface area contributed by atoms with E-state index in [-0.39, 0.29) is 34.5 Å². The van der Waals surface area contributed by atoms with Crippen molar-refractivity contribution in [2.45, 2.75) is 18.9 Å². The Hall–Kier alpha value is -4.19. The van der Waals surface area contributed by atoms with Gasteiger partial charge in [-0.1, -0.05) is 0 Å². The zero-order valence-electron chi connectivity index (χ0n) is 18.4. The lowest BCUT2D eigenvalue weighted by Gasteiger charge is -2.21. The summed E-state index contributed by atoms with van der Waals surface area (Å²) in [4.78, 5) is 30.4. The largest absolute Gasteiger partial charge is 0.573 e. The number of alkyl halides is 3. The first kappa shape index (κ1) is 24.9. The minimum absolute atomic E-state index is 0.0326. The van der Waals surface area contributed by atoms with E-state index in [0.717, 1.165) is 24.3 Å². The van der Waals surface area contributed by atoms with E-state index in [9.17, 15) is 37.4 Å². The second kappa shape index (κ2) is 9.82. The molecule has 8 nitrogen and oxygen atoms in total. The van der Waals surface area contributed by atoms with Crippen molar-refractivity contribution in [1.82, 2.24) is 4.98 Å². The van der Waals surface area contributed by atoms with Crippen LogP contribution < -0.4 is 15.0 Å². The van der Waals surface area contributed by atoms with Gasteiger partial charge in [-0.25, -0.2) is 14.2 Å². The van der Waals surface area contributed by atoms with Crippen molar-refractivity contribution in [3.05, 3.63) is 71.7 Å². The van der Waals surface area contributed by atoms with Gasteiger partial charge < -0.3 is 25.2 Å². The van der Waals surface area contributed by atoms with Crippen molar-refractivity contribution in [1.29, 1.82) is 0 Å². The molecule has 2 heterocycles. The molecule has 0 bridgehead atoms. The number of halogens is 4. The van der Waals surface area contributed by atoms with E-state index in [2.05, 4.69) is 15.0 Å². The first-order valence-electron chi connectivity index (χ1n) is 10.6. The number of carbonyl (C=O) groups is 2. The molecule has 1 aliphatic rings. The van der Waals surface area contributed by atoms with Crippen molar-refractivity contribution in [3.8, 4) is 16.9 Å². The SMILES string of the molecule is O=C(O)c1cc(F)cc(-c2cc(C(=O)Nc3ccc(OC(F)(F)F)cc3)cnc2N2CCC(O)C2)c1. The number of aliphatic hydroxyl groups excluding tert-OH is 1. The van der Waals surface area contributed by atoms with E-state index in [4.69, 9.17) is 0 Å². The zero-order chi connectivity index (χ0) is 26.0. The minimum atomic E-state index is -4.85. The van der Waals surface area contributed by atoms with E-state index in [0.29, 0.717) is 18.8 Å². The Morgan fingerprint density at radius 2 is 1.81 bits per heavy atom. The van der Waals surface area contributed by atoms with Gasteiger partial charge in [-0.05, 0) is 60.5 Å². The molecule has 2 aromatic carbocycles. The third kappa shape index (κ3) is 5.89. The summed E-state index contributed by atoms with van der Waals surface area (Å²) in [5.74, 6) is -2.92. The minimum Gasteiger partial charge on any atom is -0.478 e. The molecule has 1 saturated heterocycles. The van der Waals surface area contributed by atoms with Crippen LogP contribution in [-0.2, 0) is 0 Å². The van der Waals surface area contributed by atoms with Crippen molar-refractivity contribution in [2.24, 2.45) is 0 Å². The number of nitrogens with one attached hydrogen (secondary N) is 1. The van der Waals surface area contributed by atoms with Crippen LogP contribution in [-0.4, -0.2) is 52.6 Å². The Kier molecular flexibility index (Phi) is 6.80. The highest BCUT2D eigenvalue weighted by Gasteiger charge is 2.31. The lowest BCUT2D eigenvalue weighted by molar-refractivity contribution is -0.274. The number of benzene rings is 2. The number of pyridine rings is 1. The summed E-state index contributed by atoms with van der Waals surface area (Å²) in [5.41, 5.74) is 0.354. The number of hydrogen-bond acceptors (Lipinski definition) is 6. The Bertz CT molecular complexity index is 1300. The van der Waals surface area contributed by atoms with Gasteiger partial charge in [0.1, 0.15) is 17.4 Å². The third-order valence-corrected chi connectivity index (χ3v) is 5.39. The highest BCUT2D eigenvalue weighted by Crippen LogP contribution is 2.33. The molecule has 3 aromatic rings. The zero-order valence-corrected chi connectivity index (χ0v) is 18.4. The van der Waals surface area contributed by atoms with Gasteiger partial charge in [0.25, 0.3) is 5.91 Å². The molecule has 0 saturated carbocycles. The van der Waals surface area contributed by atoms with Crippen LogP contribution in [0.15, 0.2) is 54.7 Å². The summed E-state index contributed by atoms with van der Waals surface area (Å²) in [7, 11) is 0. The molecule has 1 amide bonds. The van der Waals surface area contributed by atoms with Crippen LogP contribution in [0, 0.1) is 5.82 Å². The van der Waals surface area contributed by atoms with Crippen LogP contribution in [0.3, 0.4) is 0 Å². The Morgan fingerprint density at radius 1 is 1.08 bits per heavy atom. The quantitative estimate of drug-likeness (QED) is 0.428. The molecule has 1 fully saturated rings. The van der Waals surface area contributed by atoms with Gasteiger partial charge in [-0.15, -0.1) is 13.2 Å². The van der Waals surface area contributed by atoms with Crippen molar-refractivity contribution < 1.29 is 42.1 Å². The molecule has 0 aliphatic carbocycles. The monoisotopic (exact) mass is 505 g/mol. The second-order valence-electron chi connectivity index (χ2n) is 8.04. The van der Waals surface area contributed by atoms with Gasteiger partial charge in [-0.3, -0.25) is 4.79 Å². The third-order valence-electron chi connectivity index (χ3n) is 5.39. The molecule has 1 aromatic heterocycles. The first-order valence-corrected chi connectivity index (χ1v) is 10.6. The lowest BCUT2D eigenvalue weighted by atomic mass is 10.0. The number of carboxylic acids is 1. The Morgan fingerprint density at radius 3 is 2.42 bits per heavy atom. The molecule has 1 aliphatic heterocycles. The van der Waals surface area contributed by atoms with Crippen LogP contribution >= 0.6 is 0 Å². The summed E-state index contributed by atoms with van der Waals surface area (Å²) >= 11 is 0. The summed E-state index contributed by atoms with van der Waals surface area (Å²) in [6.07, 6.45) is -3.72. The van der Waals surface area contributed by atoms with Crippen molar-refractivity contribution in [3.63, 3.8) is 0 Å². The summed E-state index contributed by atoms with van der Waals surface area (Å²) < 4.78 is 55.0. The van der Waals surface area contributed by atoms with Crippen LogP contribution in [0.1, 0.15) is 27.1 Å². The number of carboxylic acid groups (broad SMARTS) is 1. The molecule has 1 unspecified atom stereocenters. The van der Waals surface area contributed by atoms with E-state index < -0.39 is 35.9 Å². The molecular formula is C24H19F4N3O5. The van der Waals surface area contributed by atoms with Gasteiger partial charge in [0, 0.05) is 30.5 Å². The summed E-state index contributed by atoms with van der Waals surface area (Å²) in [6.45, 7) is 0.694. The molecule has 0 spiro atoms. The average molecular weight is 505 g/mol. The van der Waals surface area contributed by atoms with Crippen LogP contribution in [0.2, 0.25) is 0 Å². The van der Waals surface area contributed by atoms with E-state index in [1.807, 2.05) is 0 Å². The first-order chi connectivity index (χ1) is 17.0. The normalized spacial score (nSPS) is 15.6. The molecule has 4 rings (SSSR count). The number of aromatic nitrogens is 1. The van der Waals surface area contributed by atoms with Gasteiger partial charge in [0.05, 0.1) is 17.2 Å². The summed E-state index contributed by atoms with van der Waals surface area (Å²) in [5, 5.41) is 21.8. The van der Waals surface area contributed by atoms with E-state index in [1.54, 1.807) is 4.90 Å². The van der Waals surface area contributed by atoms with Crippen molar-refractivity contribution in [2.75, 3.05) is 23.3 Å². The fourth-order valence-electron chi connectivity index (χ4n) is 3.79. The van der Waals surface area contributed by atoms with Gasteiger partial charge in [0.15, 0.2) is 0 Å². The number of aromatic carboxylic acids is 1. The second-order valence-corrected chi connectivity index (χ2v) is 8.04. The Labute approximate surface area is 201 Å². The molecule has 188 valence electrons. The topological polar surface area (TPSA) is 112 Å². The fourth-order valence-corrected chi connectivity index (χ4v) is 3.79. The number of carbonyl (C=O) groups excluding carboxylic acids is 1. The smallest absolute Gasteiger partial charge is 0.478 e. The maximum Gasteiger partial charge on any atom is 0.573 e. The molecule has 1 atom stereocenters. The predicted octanol–water partition coefficient (Wildman–Crippen LogP) is 4.31. The van der Waals surface area contributed by atoms with Crippen LogP contribution in [0.25, 0.3) is 11.1 Å². The van der Waals surface area contributed by atoms with Crippen LogP contribution in [0.5, 0.6) is 5.75 Å². The average Bonchev–Trinajstić information content (AvgIpc) is 3.24. The molecule has 3 N–H and O–H groups in total. The van der Waals surface area contributed by atoms with Crippen molar-refractivity contribution >= 4 is 23.4 Å². The van der Waals surface area contributed by atoms with E-state index in [1.165, 1.54) is 30.5 Å². The lowest BCUT2D eigenvalue weighted by Crippen LogP contribution is -2.23. The highest BCUT2D eigenvalue weighted by molar-refractivity contribution is 6.05. The van der Waals surface area contributed by atoms with Gasteiger partial charge >= 0.3 is 12.3 Å². The number of anilines is 2.